The van der Waals surface area contributed by atoms with Crippen LogP contribution in [0, 0.1) is 17.8 Å². The van der Waals surface area contributed by atoms with E-state index >= 15 is 0 Å². The third-order valence-corrected chi connectivity index (χ3v) is 15.7. The number of sulfonamides is 1. The first-order chi connectivity index (χ1) is 27.0. The van der Waals surface area contributed by atoms with Gasteiger partial charge in [-0.25, -0.2) is 13.1 Å². The Kier molecular flexibility index (Phi) is 12.8. The molecule has 8 rings (SSSR count). The van der Waals surface area contributed by atoms with Gasteiger partial charge in [0.15, 0.2) is 6.29 Å². The standard InChI is InChI=1S/C34H41ClN2O6S.C9H18N2O/c1-22-6-4-15-34(20-38,42-3)29-11-8-26(29)18-37-19-33(14-5-7-24-16-27(35)10-12-28(24)33)21-43-31-13-9-25(17-30(31)37)32(39)36-44(40,41)23(22)2;1-3-10-4-2-9(1)11-5-7-12-8-6-11/h4,9-10,12-13,15-17,20,22-23,26,29H,5-8,11,14,18-19,21H2,1-3H3,(H,36,39);9-10H,1-8H2/b15-4+;/t22-,23+,26-,29+,33-,34-;/m0./s1. The molecule has 2 bridgehead atoms. The second-order valence-corrected chi connectivity index (χ2v) is 19.3. The average Bonchev–Trinajstić information content (AvgIpc) is 3.35. The first-order valence-electron chi connectivity index (χ1n) is 20.6. The number of hydrogen-bond acceptors (Lipinski definition) is 10. The van der Waals surface area contributed by atoms with E-state index < -0.39 is 26.8 Å². The molecule has 0 radical (unpaired) electrons. The lowest BCUT2D eigenvalue weighted by Gasteiger charge is -2.48. The Bertz CT molecular complexity index is 1850. The summed E-state index contributed by atoms with van der Waals surface area (Å²) in [5, 5.41) is 3.27. The molecule has 2 aromatic rings. The van der Waals surface area contributed by atoms with Crippen molar-refractivity contribution in [1.82, 2.24) is 14.9 Å². The molecule has 1 spiro atoms. The molecular weight excluding hydrogens is 752 g/mol. The topological polar surface area (TPSA) is 127 Å². The van der Waals surface area contributed by atoms with Crippen LogP contribution in [0.5, 0.6) is 5.75 Å². The third-order valence-electron chi connectivity index (χ3n) is 13.6. The normalized spacial score (nSPS) is 32.9. The van der Waals surface area contributed by atoms with E-state index in [0.29, 0.717) is 36.9 Å². The summed E-state index contributed by atoms with van der Waals surface area (Å²) >= 11 is 6.40. The Morgan fingerprint density at radius 3 is 2.54 bits per heavy atom. The fourth-order valence-electron chi connectivity index (χ4n) is 9.80. The minimum Gasteiger partial charge on any atom is -0.490 e. The maximum absolute atomic E-state index is 13.4. The Morgan fingerprint density at radius 2 is 1.82 bits per heavy atom. The largest absolute Gasteiger partial charge is 0.490 e. The van der Waals surface area contributed by atoms with E-state index in [1.54, 1.807) is 32.2 Å². The van der Waals surface area contributed by atoms with Crippen molar-refractivity contribution in [2.24, 2.45) is 17.8 Å². The zero-order valence-electron chi connectivity index (χ0n) is 33.1. The van der Waals surface area contributed by atoms with Gasteiger partial charge in [-0.2, -0.15) is 0 Å². The van der Waals surface area contributed by atoms with E-state index in [9.17, 15) is 18.0 Å². The molecule has 6 aliphatic rings. The van der Waals surface area contributed by atoms with Crippen LogP contribution in [0.2, 0.25) is 5.02 Å². The Hall–Kier alpha value is -3.00. The number of ether oxygens (including phenoxy) is 3. The Morgan fingerprint density at radius 1 is 1.04 bits per heavy atom. The van der Waals surface area contributed by atoms with Gasteiger partial charge in [0.25, 0.3) is 5.91 Å². The van der Waals surface area contributed by atoms with E-state index in [1.165, 1.54) is 37.1 Å². The zero-order valence-corrected chi connectivity index (χ0v) is 34.7. The number of halogens is 1. The molecule has 306 valence electrons. The highest BCUT2D eigenvalue weighted by molar-refractivity contribution is 7.90. The molecule has 13 heteroatoms. The van der Waals surface area contributed by atoms with E-state index in [-0.39, 0.29) is 28.7 Å². The zero-order chi connectivity index (χ0) is 39.5. The summed E-state index contributed by atoms with van der Waals surface area (Å²) in [5.74, 6) is -0.203. The van der Waals surface area contributed by atoms with Crippen LogP contribution in [0.1, 0.15) is 80.3 Å². The SMILES string of the molecule is C1CC(N2CCOCC2)CCN1.CO[C@]1(C=O)/C=C/C[C@H](C)[C@@H](C)S(=O)(=O)NC(=O)c2ccc3c(c2)N(C[C@@H]2CC[C@H]21)C[C@@]1(CCCc2cc(Cl)ccc21)CO3. The fraction of sp³-hybridized carbons (Fsp3) is 0.628. The molecule has 1 saturated carbocycles. The number of nitrogens with zero attached hydrogens (tertiary/aromatic N) is 2. The number of allylic oxidation sites excluding steroid dienone is 1. The van der Waals surface area contributed by atoms with Crippen LogP contribution < -0.4 is 19.7 Å². The lowest BCUT2D eigenvalue weighted by atomic mass is 9.64. The Balaban J connectivity index is 0.000000339. The number of benzene rings is 2. The van der Waals surface area contributed by atoms with Gasteiger partial charge in [-0.1, -0.05) is 30.7 Å². The number of amides is 1. The van der Waals surface area contributed by atoms with Crippen LogP contribution in [-0.2, 0) is 36.1 Å². The van der Waals surface area contributed by atoms with Crippen molar-refractivity contribution in [3.05, 3.63) is 70.3 Å². The van der Waals surface area contributed by atoms with Crippen molar-refractivity contribution >= 4 is 39.5 Å². The van der Waals surface area contributed by atoms with Crippen molar-refractivity contribution in [3.63, 3.8) is 0 Å². The van der Waals surface area contributed by atoms with E-state index in [0.717, 1.165) is 76.4 Å². The summed E-state index contributed by atoms with van der Waals surface area (Å²) in [5.41, 5.74) is 2.05. The number of hydrogen-bond donors (Lipinski definition) is 2. The number of aryl methyl sites for hydroxylation is 1. The second kappa shape index (κ2) is 17.5. The number of nitrogens with one attached hydrogen (secondary N) is 2. The summed E-state index contributed by atoms with van der Waals surface area (Å²) in [6.07, 6.45) is 12.3. The molecule has 3 fully saturated rings. The maximum Gasteiger partial charge on any atom is 0.264 e. The quantitative estimate of drug-likeness (QED) is 0.302. The molecule has 1 amide bonds. The van der Waals surface area contributed by atoms with Gasteiger partial charge in [0.2, 0.25) is 10.0 Å². The highest BCUT2D eigenvalue weighted by Gasteiger charge is 2.49. The van der Waals surface area contributed by atoms with Crippen molar-refractivity contribution in [2.45, 2.75) is 87.5 Å². The van der Waals surface area contributed by atoms with Crippen LogP contribution in [0.15, 0.2) is 48.6 Å². The number of rotatable bonds is 3. The predicted molar refractivity (Wildman–Crippen MR) is 219 cm³/mol. The number of aldehydes is 1. The molecule has 4 aliphatic heterocycles. The number of fused-ring (bicyclic) bond motifs is 4. The molecule has 11 nitrogen and oxygen atoms in total. The molecule has 2 aromatic carbocycles. The number of carbonyl (C=O) groups excluding carboxylic acids is 2. The van der Waals surface area contributed by atoms with Crippen molar-refractivity contribution in [2.75, 3.05) is 71.1 Å². The first kappa shape index (κ1) is 41.2. The summed E-state index contributed by atoms with van der Waals surface area (Å²) in [6, 6.07) is 12.1. The van der Waals surface area contributed by atoms with Crippen molar-refractivity contribution in [3.8, 4) is 5.75 Å². The molecule has 6 atom stereocenters. The highest BCUT2D eigenvalue weighted by Crippen LogP contribution is 2.48. The number of piperidine rings is 1. The van der Waals surface area contributed by atoms with Crippen LogP contribution >= 0.6 is 11.6 Å². The smallest absolute Gasteiger partial charge is 0.264 e. The van der Waals surface area contributed by atoms with Gasteiger partial charge in [-0.05, 0) is 131 Å². The second-order valence-electron chi connectivity index (χ2n) is 16.8. The van der Waals surface area contributed by atoms with Gasteiger partial charge < -0.3 is 24.4 Å². The number of morpholine rings is 1. The molecule has 4 heterocycles. The Labute approximate surface area is 337 Å². The lowest BCUT2D eigenvalue weighted by Crippen LogP contribution is -2.53. The van der Waals surface area contributed by atoms with Gasteiger partial charge in [0.1, 0.15) is 11.4 Å². The van der Waals surface area contributed by atoms with E-state index in [2.05, 4.69) is 32.0 Å². The van der Waals surface area contributed by atoms with E-state index in [1.807, 2.05) is 25.1 Å². The minimum atomic E-state index is -3.97. The lowest BCUT2D eigenvalue weighted by molar-refractivity contribution is -0.135. The van der Waals surface area contributed by atoms with Crippen LogP contribution in [0.4, 0.5) is 5.69 Å². The molecule has 2 aliphatic carbocycles. The molecule has 2 N–H and O–H groups in total. The first-order valence-corrected chi connectivity index (χ1v) is 22.5. The molecular formula is C43H59ClN4O7S. The van der Waals surface area contributed by atoms with Crippen molar-refractivity contribution < 1.29 is 32.2 Å². The van der Waals surface area contributed by atoms with Gasteiger partial charge >= 0.3 is 0 Å². The predicted octanol–water partition coefficient (Wildman–Crippen LogP) is 5.54. The average molecular weight is 811 g/mol. The van der Waals surface area contributed by atoms with Gasteiger partial charge in [0, 0.05) is 61.2 Å². The van der Waals surface area contributed by atoms with Gasteiger partial charge in [-0.15, -0.1) is 0 Å². The number of methoxy groups -OCH3 is 1. The number of anilines is 1. The van der Waals surface area contributed by atoms with E-state index in [4.69, 9.17) is 25.8 Å². The van der Waals surface area contributed by atoms with Gasteiger partial charge in [0.05, 0.1) is 30.8 Å². The molecule has 2 saturated heterocycles. The molecule has 0 unspecified atom stereocenters. The number of carbonyl (C=O) groups is 2. The van der Waals surface area contributed by atoms with Crippen molar-refractivity contribution in [1.29, 1.82) is 0 Å². The summed E-state index contributed by atoms with van der Waals surface area (Å²) in [6.45, 7) is 11.7. The van der Waals surface area contributed by atoms with Crippen LogP contribution in [-0.4, -0.2) is 109 Å². The maximum atomic E-state index is 13.4. The third kappa shape index (κ3) is 8.57. The van der Waals surface area contributed by atoms with Gasteiger partial charge in [-0.3, -0.25) is 14.5 Å². The summed E-state index contributed by atoms with van der Waals surface area (Å²) < 4.78 is 46.7. The molecule has 0 aromatic heterocycles. The monoisotopic (exact) mass is 810 g/mol. The van der Waals surface area contributed by atoms with Crippen LogP contribution in [0.25, 0.3) is 0 Å². The summed E-state index contributed by atoms with van der Waals surface area (Å²) in [7, 11) is -2.41. The summed E-state index contributed by atoms with van der Waals surface area (Å²) in [4.78, 5) is 31.0. The minimum absolute atomic E-state index is 0.0434. The fourth-order valence-corrected chi connectivity index (χ4v) is 11.3. The highest BCUT2D eigenvalue weighted by atomic mass is 35.5. The molecule has 56 heavy (non-hydrogen) atoms. The van der Waals surface area contributed by atoms with Crippen LogP contribution in [0.3, 0.4) is 0 Å².